The number of hydrogen-bond donors (Lipinski definition) is 0. The lowest BCUT2D eigenvalue weighted by atomic mass is 10.0. The summed E-state index contributed by atoms with van der Waals surface area (Å²) in [5.74, 6) is 0.0959. The summed E-state index contributed by atoms with van der Waals surface area (Å²) in [6, 6.07) is 5.54. The van der Waals surface area contributed by atoms with Crippen LogP contribution in [0.1, 0.15) is 24.4 Å². The van der Waals surface area contributed by atoms with Gasteiger partial charge in [-0.3, -0.25) is 14.6 Å². The summed E-state index contributed by atoms with van der Waals surface area (Å²) in [7, 11) is 0. The van der Waals surface area contributed by atoms with Gasteiger partial charge in [-0.05, 0) is 35.9 Å². The van der Waals surface area contributed by atoms with Crippen molar-refractivity contribution >= 4 is 27.5 Å². The zero-order chi connectivity index (χ0) is 17.2. The Hall–Kier alpha value is -2.61. The van der Waals surface area contributed by atoms with E-state index < -0.39 is 0 Å². The highest BCUT2D eigenvalue weighted by molar-refractivity contribution is 7.17. The molecule has 8 heteroatoms. The number of carbonyl (C=O) groups is 1. The van der Waals surface area contributed by atoms with Crippen molar-refractivity contribution in [1.82, 2.24) is 24.9 Å². The van der Waals surface area contributed by atoms with E-state index in [2.05, 4.69) is 15.3 Å². The van der Waals surface area contributed by atoms with Crippen LogP contribution in [0.4, 0.5) is 0 Å². The molecule has 0 aliphatic carbocycles. The van der Waals surface area contributed by atoms with Crippen LogP contribution in [0.3, 0.4) is 0 Å². The zero-order valence-electron chi connectivity index (χ0n) is 13.5. The molecular weight excluding hydrogens is 338 g/mol. The highest BCUT2D eigenvalue weighted by atomic mass is 32.1. The summed E-state index contributed by atoms with van der Waals surface area (Å²) in [5, 5.41) is 10.1. The van der Waals surface area contributed by atoms with E-state index in [4.69, 9.17) is 0 Å². The van der Waals surface area contributed by atoms with E-state index in [1.165, 1.54) is 16.0 Å². The second kappa shape index (κ2) is 6.72. The lowest BCUT2D eigenvalue weighted by Crippen LogP contribution is -2.42. The minimum absolute atomic E-state index is 0.00561. The Morgan fingerprint density at radius 2 is 2.12 bits per heavy atom. The van der Waals surface area contributed by atoms with E-state index in [0.717, 1.165) is 5.56 Å². The maximum atomic E-state index is 12.5. The third-order valence-corrected chi connectivity index (χ3v) is 5.43. The van der Waals surface area contributed by atoms with E-state index in [1.54, 1.807) is 18.5 Å². The topological polar surface area (TPSA) is 81.0 Å². The summed E-state index contributed by atoms with van der Waals surface area (Å²) in [4.78, 5) is 30.8. The largest absolute Gasteiger partial charge is 0.342 e. The van der Waals surface area contributed by atoms with Gasteiger partial charge in [0.25, 0.3) is 5.56 Å². The Labute approximate surface area is 147 Å². The maximum Gasteiger partial charge on any atom is 0.287 e. The molecule has 1 aliphatic heterocycles. The molecule has 1 aliphatic rings. The Morgan fingerprint density at radius 1 is 1.28 bits per heavy atom. The van der Waals surface area contributed by atoms with Crippen molar-refractivity contribution in [2.45, 2.75) is 25.3 Å². The molecule has 1 amide bonds. The van der Waals surface area contributed by atoms with Gasteiger partial charge in [0.15, 0.2) is 0 Å². The van der Waals surface area contributed by atoms with Gasteiger partial charge in [0.1, 0.15) is 10.2 Å². The summed E-state index contributed by atoms with van der Waals surface area (Å²) in [6.07, 6.45) is 5.20. The molecular formula is C17H17N5O2S. The van der Waals surface area contributed by atoms with Crippen LogP contribution < -0.4 is 5.56 Å². The van der Waals surface area contributed by atoms with Crippen LogP contribution in [0.5, 0.6) is 0 Å². The van der Waals surface area contributed by atoms with Crippen molar-refractivity contribution in [3.8, 4) is 0 Å². The summed E-state index contributed by atoms with van der Waals surface area (Å²) >= 11 is 1.39. The van der Waals surface area contributed by atoms with Crippen molar-refractivity contribution in [3.63, 3.8) is 0 Å². The normalized spacial score (nSPS) is 15.6. The van der Waals surface area contributed by atoms with E-state index in [-0.39, 0.29) is 17.5 Å². The Balaban J connectivity index is 1.43. The number of hydrogen-bond acceptors (Lipinski definition) is 6. The lowest BCUT2D eigenvalue weighted by Gasteiger charge is -2.32. The molecule has 0 saturated carbocycles. The number of likely N-dealkylation sites (tertiary alicyclic amines) is 1. The summed E-state index contributed by atoms with van der Waals surface area (Å²) in [6.45, 7) is 1.25. The van der Waals surface area contributed by atoms with Crippen molar-refractivity contribution < 1.29 is 4.79 Å². The van der Waals surface area contributed by atoms with Crippen molar-refractivity contribution in [3.05, 3.63) is 51.9 Å². The Bertz CT molecular complexity index is 944. The molecule has 0 aromatic carbocycles. The highest BCUT2D eigenvalue weighted by Gasteiger charge is 2.26. The number of aromatic nitrogens is 4. The second-order valence-electron chi connectivity index (χ2n) is 6.12. The minimum Gasteiger partial charge on any atom is -0.342 e. The number of amides is 1. The first-order chi connectivity index (χ1) is 12.2. The average Bonchev–Trinajstić information content (AvgIpc) is 3.13. The van der Waals surface area contributed by atoms with Gasteiger partial charge in [-0.1, -0.05) is 11.3 Å². The van der Waals surface area contributed by atoms with Crippen LogP contribution in [-0.4, -0.2) is 43.9 Å². The van der Waals surface area contributed by atoms with E-state index >= 15 is 0 Å². The maximum absolute atomic E-state index is 12.5. The average molecular weight is 355 g/mol. The molecule has 0 unspecified atom stereocenters. The zero-order valence-corrected chi connectivity index (χ0v) is 14.4. The molecule has 25 heavy (non-hydrogen) atoms. The molecule has 1 saturated heterocycles. The summed E-state index contributed by atoms with van der Waals surface area (Å²) in [5.41, 5.74) is 1.48. The van der Waals surface area contributed by atoms with E-state index in [1.807, 2.05) is 22.4 Å². The van der Waals surface area contributed by atoms with Gasteiger partial charge in [-0.25, -0.2) is 4.68 Å². The molecule has 0 radical (unpaired) electrons. The molecule has 0 bridgehead atoms. The second-order valence-corrected chi connectivity index (χ2v) is 7.04. The molecule has 1 fully saturated rings. The van der Waals surface area contributed by atoms with Crippen LogP contribution in [0, 0.1) is 0 Å². The van der Waals surface area contributed by atoms with Crippen molar-refractivity contribution in [2.24, 2.45) is 0 Å². The molecule has 0 N–H and O–H groups in total. The number of thiophene rings is 1. The smallest absolute Gasteiger partial charge is 0.287 e. The molecule has 3 aromatic heterocycles. The Morgan fingerprint density at radius 3 is 2.88 bits per heavy atom. The van der Waals surface area contributed by atoms with Gasteiger partial charge in [0, 0.05) is 25.5 Å². The Kier molecular flexibility index (Phi) is 4.27. The molecule has 3 aromatic rings. The highest BCUT2D eigenvalue weighted by Crippen LogP contribution is 2.22. The lowest BCUT2D eigenvalue weighted by molar-refractivity contribution is -0.131. The number of pyridine rings is 1. The van der Waals surface area contributed by atoms with Crippen LogP contribution in [0.2, 0.25) is 0 Å². The van der Waals surface area contributed by atoms with Crippen molar-refractivity contribution in [2.75, 3.05) is 13.1 Å². The summed E-state index contributed by atoms with van der Waals surface area (Å²) < 4.78 is 2.13. The number of rotatable bonds is 3. The molecule has 4 rings (SSSR count). The third-order valence-electron chi connectivity index (χ3n) is 4.54. The van der Waals surface area contributed by atoms with Crippen molar-refractivity contribution in [1.29, 1.82) is 0 Å². The SMILES string of the molecule is O=C(Cc1cccnc1)N1CCC(n2nnc3ccsc3c2=O)CC1. The van der Waals surface area contributed by atoms with Crippen LogP contribution in [0.15, 0.2) is 40.8 Å². The molecule has 128 valence electrons. The van der Waals surface area contributed by atoms with Crippen LogP contribution in [0.25, 0.3) is 10.2 Å². The van der Waals surface area contributed by atoms with Gasteiger partial charge in [0.05, 0.1) is 12.5 Å². The van der Waals surface area contributed by atoms with Gasteiger partial charge >= 0.3 is 0 Å². The quantitative estimate of drug-likeness (QED) is 0.714. The first-order valence-corrected chi connectivity index (χ1v) is 9.10. The van der Waals surface area contributed by atoms with Crippen LogP contribution in [-0.2, 0) is 11.2 Å². The number of carbonyl (C=O) groups excluding carboxylic acids is 1. The number of piperidine rings is 1. The van der Waals surface area contributed by atoms with Gasteiger partial charge < -0.3 is 4.90 Å². The molecule has 7 nitrogen and oxygen atoms in total. The predicted octanol–water partition coefficient (Wildman–Crippen LogP) is 1.65. The molecule has 0 spiro atoms. The third kappa shape index (κ3) is 3.17. The fourth-order valence-electron chi connectivity index (χ4n) is 3.17. The van der Waals surface area contributed by atoms with Gasteiger partial charge in [-0.2, -0.15) is 0 Å². The fraction of sp³-hybridized carbons (Fsp3) is 0.353. The number of nitrogens with zero attached hydrogens (tertiary/aromatic N) is 5. The van der Waals surface area contributed by atoms with Crippen LogP contribution >= 0.6 is 11.3 Å². The molecule has 0 atom stereocenters. The monoisotopic (exact) mass is 355 g/mol. The number of fused-ring (bicyclic) bond motifs is 1. The molecule has 4 heterocycles. The van der Waals surface area contributed by atoms with E-state index in [0.29, 0.717) is 42.6 Å². The van der Waals surface area contributed by atoms with Gasteiger partial charge in [0.2, 0.25) is 5.91 Å². The predicted molar refractivity (Wildman–Crippen MR) is 94.5 cm³/mol. The fourth-order valence-corrected chi connectivity index (χ4v) is 3.93. The first kappa shape index (κ1) is 15.9. The minimum atomic E-state index is -0.0832. The van der Waals surface area contributed by atoms with Gasteiger partial charge in [-0.15, -0.1) is 16.4 Å². The van der Waals surface area contributed by atoms with E-state index in [9.17, 15) is 9.59 Å². The standard InChI is InChI=1S/C17H17N5O2S/c23-15(10-12-2-1-6-18-11-12)21-7-3-13(4-8-21)22-17(24)16-14(19-20-22)5-9-25-16/h1-2,5-6,9,11,13H,3-4,7-8,10H2. The first-order valence-electron chi connectivity index (χ1n) is 8.22.